The Morgan fingerprint density at radius 2 is 2.21 bits per heavy atom. The highest BCUT2D eigenvalue weighted by Gasteiger charge is 2.10. The van der Waals surface area contributed by atoms with Gasteiger partial charge in [-0.05, 0) is 19.9 Å². The Labute approximate surface area is 115 Å². The van der Waals surface area contributed by atoms with Crippen molar-refractivity contribution in [2.45, 2.75) is 19.9 Å². The van der Waals surface area contributed by atoms with Gasteiger partial charge in [0, 0.05) is 17.8 Å². The van der Waals surface area contributed by atoms with Crippen LogP contribution in [0, 0.1) is 6.92 Å². The maximum Gasteiger partial charge on any atom is 0.157 e. The molecule has 1 N–H and O–H groups in total. The van der Waals surface area contributed by atoms with Crippen LogP contribution in [0.3, 0.4) is 0 Å². The molecule has 6 heteroatoms. The SMILES string of the molecule is Cc1nn(C)c2ncc(NC(C)c3cscn3)cc12. The first-order valence-corrected chi connectivity index (χ1v) is 7.03. The monoisotopic (exact) mass is 273 g/mol. The summed E-state index contributed by atoms with van der Waals surface area (Å²) in [5, 5.41) is 10.9. The molecule has 19 heavy (non-hydrogen) atoms. The van der Waals surface area contributed by atoms with Gasteiger partial charge in [-0.1, -0.05) is 0 Å². The molecule has 98 valence electrons. The number of nitrogens with zero attached hydrogens (tertiary/aromatic N) is 4. The summed E-state index contributed by atoms with van der Waals surface area (Å²) >= 11 is 1.61. The van der Waals surface area contributed by atoms with Crippen LogP contribution in [0.4, 0.5) is 5.69 Å². The van der Waals surface area contributed by atoms with E-state index in [9.17, 15) is 0 Å². The van der Waals surface area contributed by atoms with E-state index in [1.807, 2.05) is 25.7 Å². The second kappa shape index (κ2) is 4.62. The molecule has 0 aliphatic carbocycles. The lowest BCUT2D eigenvalue weighted by Gasteiger charge is -2.12. The van der Waals surface area contributed by atoms with Crippen molar-refractivity contribution in [1.29, 1.82) is 0 Å². The van der Waals surface area contributed by atoms with E-state index in [-0.39, 0.29) is 6.04 Å². The number of nitrogens with one attached hydrogen (secondary N) is 1. The smallest absolute Gasteiger partial charge is 0.157 e. The minimum absolute atomic E-state index is 0.169. The minimum atomic E-state index is 0.169. The summed E-state index contributed by atoms with van der Waals surface area (Å²) in [6.45, 7) is 4.09. The molecule has 0 radical (unpaired) electrons. The zero-order valence-electron chi connectivity index (χ0n) is 11.1. The van der Waals surface area contributed by atoms with Gasteiger partial charge in [-0.25, -0.2) is 9.97 Å². The summed E-state index contributed by atoms with van der Waals surface area (Å²) in [6, 6.07) is 2.26. The summed E-state index contributed by atoms with van der Waals surface area (Å²) in [7, 11) is 1.91. The van der Waals surface area contributed by atoms with Crippen molar-refractivity contribution in [2.75, 3.05) is 5.32 Å². The maximum atomic E-state index is 4.46. The van der Waals surface area contributed by atoms with Crippen LogP contribution in [0.25, 0.3) is 11.0 Å². The first-order chi connectivity index (χ1) is 9.15. The number of anilines is 1. The van der Waals surface area contributed by atoms with Crippen molar-refractivity contribution in [3.8, 4) is 0 Å². The number of aryl methyl sites for hydroxylation is 2. The Hall–Kier alpha value is -1.95. The molecule has 0 amide bonds. The zero-order chi connectivity index (χ0) is 13.4. The summed E-state index contributed by atoms with van der Waals surface area (Å²) in [5.41, 5.74) is 5.79. The largest absolute Gasteiger partial charge is 0.376 e. The average Bonchev–Trinajstić information content (AvgIpc) is 2.99. The van der Waals surface area contributed by atoms with Gasteiger partial charge in [-0.3, -0.25) is 4.68 Å². The van der Waals surface area contributed by atoms with E-state index in [1.165, 1.54) is 0 Å². The van der Waals surface area contributed by atoms with E-state index in [4.69, 9.17) is 0 Å². The lowest BCUT2D eigenvalue weighted by Crippen LogP contribution is -2.07. The molecule has 1 unspecified atom stereocenters. The highest BCUT2D eigenvalue weighted by molar-refractivity contribution is 7.07. The highest BCUT2D eigenvalue weighted by atomic mass is 32.1. The lowest BCUT2D eigenvalue weighted by atomic mass is 10.2. The van der Waals surface area contributed by atoms with Crippen molar-refractivity contribution < 1.29 is 0 Å². The van der Waals surface area contributed by atoms with Crippen molar-refractivity contribution >= 4 is 28.1 Å². The molecule has 0 aliphatic rings. The van der Waals surface area contributed by atoms with E-state index in [0.717, 1.165) is 28.1 Å². The van der Waals surface area contributed by atoms with Crippen molar-refractivity contribution in [1.82, 2.24) is 19.7 Å². The Morgan fingerprint density at radius 1 is 1.37 bits per heavy atom. The molecule has 0 aliphatic heterocycles. The van der Waals surface area contributed by atoms with Gasteiger partial charge < -0.3 is 5.32 Å². The second-order valence-corrected chi connectivity index (χ2v) is 5.30. The van der Waals surface area contributed by atoms with E-state index in [1.54, 1.807) is 16.0 Å². The third kappa shape index (κ3) is 2.19. The molecule has 0 bridgehead atoms. The number of thiazole rings is 1. The summed E-state index contributed by atoms with van der Waals surface area (Å²) in [4.78, 5) is 8.77. The Morgan fingerprint density at radius 3 is 2.95 bits per heavy atom. The normalized spacial score (nSPS) is 12.8. The van der Waals surface area contributed by atoms with Crippen LogP contribution >= 0.6 is 11.3 Å². The first-order valence-electron chi connectivity index (χ1n) is 6.09. The van der Waals surface area contributed by atoms with Crippen molar-refractivity contribution in [2.24, 2.45) is 7.05 Å². The van der Waals surface area contributed by atoms with Crippen LogP contribution in [0.2, 0.25) is 0 Å². The molecule has 0 spiro atoms. The van der Waals surface area contributed by atoms with Crippen LogP contribution in [0.1, 0.15) is 24.4 Å². The van der Waals surface area contributed by atoms with Crippen molar-refractivity contribution in [3.05, 3.63) is 34.5 Å². The predicted molar refractivity (Wildman–Crippen MR) is 77.4 cm³/mol. The number of pyridine rings is 1. The van der Waals surface area contributed by atoms with Crippen LogP contribution < -0.4 is 5.32 Å². The molecule has 1 atom stereocenters. The quantitative estimate of drug-likeness (QED) is 0.797. The molecule has 0 saturated heterocycles. The third-order valence-electron chi connectivity index (χ3n) is 3.14. The average molecular weight is 273 g/mol. The standard InChI is InChI=1S/C13H15N5S/c1-8-11-4-10(5-14-13(11)18(3)17-8)16-9(2)12-6-19-7-15-12/h4-7,9,16H,1-3H3. The van der Waals surface area contributed by atoms with Gasteiger partial charge in [-0.2, -0.15) is 5.10 Å². The summed E-state index contributed by atoms with van der Waals surface area (Å²) in [5.74, 6) is 0. The fourth-order valence-corrected chi connectivity index (χ4v) is 2.79. The number of rotatable bonds is 3. The van der Waals surface area contributed by atoms with E-state index < -0.39 is 0 Å². The van der Waals surface area contributed by atoms with Gasteiger partial charge in [0.15, 0.2) is 5.65 Å². The highest BCUT2D eigenvalue weighted by Crippen LogP contribution is 2.23. The topological polar surface area (TPSA) is 55.6 Å². The minimum Gasteiger partial charge on any atom is -0.376 e. The molecule has 3 aromatic heterocycles. The Bertz CT molecular complexity index is 701. The van der Waals surface area contributed by atoms with E-state index in [0.29, 0.717) is 0 Å². The van der Waals surface area contributed by atoms with Gasteiger partial charge in [0.05, 0.1) is 34.8 Å². The maximum absolute atomic E-state index is 4.46. The number of fused-ring (bicyclic) bond motifs is 1. The van der Waals surface area contributed by atoms with Crippen LogP contribution in [-0.2, 0) is 7.05 Å². The Balaban J connectivity index is 1.91. The number of aromatic nitrogens is 4. The third-order valence-corrected chi connectivity index (χ3v) is 3.75. The summed E-state index contributed by atoms with van der Waals surface area (Å²) in [6.07, 6.45) is 1.84. The van der Waals surface area contributed by atoms with Gasteiger partial charge in [0.25, 0.3) is 0 Å². The van der Waals surface area contributed by atoms with E-state index in [2.05, 4.69) is 38.8 Å². The number of hydrogen-bond acceptors (Lipinski definition) is 5. The molecular formula is C13H15N5S. The molecule has 3 aromatic rings. The van der Waals surface area contributed by atoms with Crippen LogP contribution in [0.5, 0.6) is 0 Å². The van der Waals surface area contributed by atoms with Crippen molar-refractivity contribution in [3.63, 3.8) is 0 Å². The molecule has 0 aromatic carbocycles. The van der Waals surface area contributed by atoms with Gasteiger partial charge in [0.2, 0.25) is 0 Å². The second-order valence-electron chi connectivity index (χ2n) is 4.58. The van der Waals surface area contributed by atoms with E-state index >= 15 is 0 Å². The predicted octanol–water partition coefficient (Wildman–Crippen LogP) is 2.91. The fraction of sp³-hybridized carbons (Fsp3) is 0.308. The van der Waals surface area contributed by atoms with Gasteiger partial charge >= 0.3 is 0 Å². The molecular weight excluding hydrogens is 258 g/mol. The number of hydrogen-bond donors (Lipinski definition) is 1. The molecule has 5 nitrogen and oxygen atoms in total. The van der Waals surface area contributed by atoms with Crippen LogP contribution in [-0.4, -0.2) is 19.7 Å². The first kappa shape index (κ1) is 12.1. The molecule has 3 heterocycles. The molecule has 0 fully saturated rings. The zero-order valence-corrected chi connectivity index (χ0v) is 11.9. The summed E-state index contributed by atoms with van der Waals surface area (Å²) < 4.78 is 1.80. The fourth-order valence-electron chi connectivity index (χ4n) is 2.15. The van der Waals surface area contributed by atoms with Gasteiger partial charge in [-0.15, -0.1) is 11.3 Å². The van der Waals surface area contributed by atoms with Crippen LogP contribution in [0.15, 0.2) is 23.2 Å². The lowest BCUT2D eigenvalue weighted by molar-refractivity contribution is 0.773. The molecule has 0 saturated carbocycles. The molecule has 3 rings (SSSR count). The Kier molecular flexibility index (Phi) is 2.94. The van der Waals surface area contributed by atoms with Gasteiger partial charge in [0.1, 0.15) is 0 Å².